The first kappa shape index (κ1) is 24.4. The summed E-state index contributed by atoms with van der Waals surface area (Å²) >= 11 is 0. The fourth-order valence-corrected chi connectivity index (χ4v) is 4.38. The number of anilines is 1. The van der Waals surface area contributed by atoms with Crippen molar-refractivity contribution < 1.29 is 19.1 Å². The van der Waals surface area contributed by atoms with Crippen molar-refractivity contribution >= 4 is 28.5 Å². The molecule has 2 atom stereocenters. The molecule has 0 aliphatic carbocycles. The number of carbonyl (C=O) groups excluding carboxylic acids is 2. The van der Waals surface area contributed by atoms with Crippen LogP contribution in [0, 0.1) is 13.8 Å². The maximum atomic E-state index is 13.5. The normalized spacial score (nSPS) is 18.2. The predicted octanol–water partition coefficient (Wildman–Crippen LogP) is 2.48. The Morgan fingerprint density at radius 2 is 1.97 bits per heavy atom. The highest BCUT2D eigenvalue weighted by Crippen LogP contribution is 2.24. The van der Waals surface area contributed by atoms with Gasteiger partial charge in [-0.15, -0.1) is 0 Å². The highest BCUT2D eigenvalue weighted by atomic mass is 16.5. The first-order valence-electron chi connectivity index (χ1n) is 11.6. The van der Waals surface area contributed by atoms with E-state index in [1.54, 1.807) is 9.80 Å². The lowest BCUT2D eigenvalue weighted by Crippen LogP contribution is -2.63. The summed E-state index contributed by atoms with van der Waals surface area (Å²) in [6.07, 6.45) is 1.43. The van der Waals surface area contributed by atoms with Gasteiger partial charge in [-0.05, 0) is 55.7 Å². The Bertz CT molecular complexity index is 1250. The topological polar surface area (TPSA) is 111 Å². The van der Waals surface area contributed by atoms with E-state index in [1.807, 2.05) is 57.2 Å². The number of benzene rings is 2. The van der Waals surface area contributed by atoms with Crippen molar-refractivity contribution in [3.05, 3.63) is 59.4 Å². The molecule has 1 fully saturated rings. The minimum Gasteiger partial charge on any atom is -0.483 e. The van der Waals surface area contributed by atoms with Crippen molar-refractivity contribution in [2.45, 2.75) is 39.4 Å². The van der Waals surface area contributed by atoms with Gasteiger partial charge in [0.25, 0.3) is 5.91 Å². The average Bonchev–Trinajstić information content (AvgIpc) is 2.84. The van der Waals surface area contributed by atoms with Gasteiger partial charge in [0.1, 0.15) is 23.9 Å². The number of nitrogens with two attached hydrogens (primary N) is 1. The van der Waals surface area contributed by atoms with Crippen LogP contribution in [0.4, 0.5) is 5.82 Å². The number of ether oxygens (including phenoxy) is 2. The smallest absolute Gasteiger partial charge is 0.261 e. The molecule has 1 aliphatic rings. The molecule has 184 valence electrons. The summed E-state index contributed by atoms with van der Waals surface area (Å²) in [6, 6.07) is 10.7. The molecule has 0 bridgehead atoms. The molecule has 1 saturated heterocycles. The second kappa shape index (κ2) is 10.3. The van der Waals surface area contributed by atoms with Crippen LogP contribution in [0.15, 0.2) is 42.7 Å². The van der Waals surface area contributed by atoms with Gasteiger partial charge in [-0.3, -0.25) is 9.59 Å². The van der Waals surface area contributed by atoms with Crippen molar-refractivity contribution in [2.75, 3.05) is 32.6 Å². The third-order valence-electron chi connectivity index (χ3n) is 6.36. The van der Waals surface area contributed by atoms with E-state index in [0.717, 1.165) is 27.6 Å². The number of nitrogen functional groups attached to an aromatic ring is 1. The Morgan fingerprint density at radius 1 is 1.17 bits per heavy atom. The van der Waals surface area contributed by atoms with Crippen LogP contribution in [-0.4, -0.2) is 70.5 Å². The Hall–Kier alpha value is -3.72. The second-order valence-electron chi connectivity index (χ2n) is 9.00. The van der Waals surface area contributed by atoms with Crippen molar-refractivity contribution in [1.82, 2.24) is 19.8 Å². The molecule has 2 amide bonds. The van der Waals surface area contributed by atoms with Crippen LogP contribution in [0.2, 0.25) is 0 Å². The summed E-state index contributed by atoms with van der Waals surface area (Å²) in [5, 5.41) is 0.771. The summed E-state index contributed by atoms with van der Waals surface area (Å²) in [5.74, 6) is 0.681. The lowest BCUT2D eigenvalue weighted by molar-refractivity contribution is -0.159. The summed E-state index contributed by atoms with van der Waals surface area (Å²) in [4.78, 5) is 38.3. The van der Waals surface area contributed by atoms with Crippen molar-refractivity contribution in [1.29, 1.82) is 0 Å². The number of nitrogens with zero attached hydrogens (tertiary/aromatic N) is 4. The van der Waals surface area contributed by atoms with Gasteiger partial charge in [0.2, 0.25) is 5.91 Å². The molecule has 1 unspecified atom stereocenters. The Balaban J connectivity index is 1.49. The van der Waals surface area contributed by atoms with Gasteiger partial charge < -0.3 is 25.0 Å². The minimum absolute atomic E-state index is 0.110. The summed E-state index contributed by atoms with van der Waals surface area (Å²) in [5.41, 5.74) is 9.58. The molecular weight excluding hydrogens is 446 g/mol. The van der Waals surface area contributed by atoms with Gasteiger partial charge in [-0.25, -0.2) is 9.97 Å². The van der Waals surface area contributed by atoms with Crippen molar-refractivity contribution in [3.8, 4) is 5.75 Å². The van der Waals surface area contributed by atoms with Gasteiger partial charge in [-0.2, -0.15) is 0 Å². The predicted molar refractivity (Wildman–Crippen MR) is 133 cm³/mol. The van der Waals surface area contributed by atoms with Crippen LogP contribution < -0.4 is 10.5 Å². The highest BCUT2D eigenvalue weighted by molar-refractivity contribution is 5.90. The maximum absolute atomic E-state index is 13.5. The van der Waals surface area contributed by atoms with Crippen LogP contribution in [0.25, 0.3) is 10.9 Å². The first-order chi connectivity index (χ1) is 16.8. The molecule has 0 spiro atoms. The Morgan fingerprint density at radius 3 is 2.74 bits per heavy atom. The van der Waals surface area contributed by atoms with Crippen LogP contribution in [0.3, 0.4) is 0 Å². The molecule has 1 aromatic heterocycles. The number of hydrogen-bond acceptors (Lipinski definition) is 7. The molecule has 9 nitrogen and oxygen atoms in total. The molecule has 35 heavy (non-hydrogen) atoms. The lowest BCUT2D eigenvalue weighted by Gasteiger charge is -2.44. The monoisotopic (exact) mass is 477 g/mol. The second-order valence-corrected chi connectivity index (χ2v) is 9.00. The van der Waals surface area contributed by atoms with E-state index in [4.69, 9.17) is 15.2 Å². The zero-order valence-electron chi connectivity index (χ0n) is 20.5. The van der Waals surface area contributed by atoms with Crippen molar-refractivity contribution in [3.63, 3.8) is 0 Å². The zero-order chi connectivity index (χ0) is 25.1. The van der Waals surface area contributed by atoms with Gasteiger partial charge >= 0.3 is 0 Å². The number of aryl methyl sites for hydroxylation is 2. The minimum atomic E-state index is -0.718. The molecular formula is C26H31N5O4. The Kier molecular flexibility index (Phi) is 7.16. The standard InChI is InChI=1S/C26H31N5O4/c1-16-5-6-17(2)23(9-16)35-14-24(32)31-11-18(3)30(26(33)22(31)13-34-4)12-19-7-8-20-21(10-19)28-15-29-25(20)27/h5-10,15,18,22H,11-14H2,1-4H3,(H2,27,28,29)/t18?,22-/m0/s1. The van der Waals surface area contributed by atoms with Crippen LogP contribution >= 0.6 is 0 Å². The van der Waals surface area contributed by atoms with E-state index in [9.17, 15) is 9.59 Å². The number of piperazine rings is 1. The van der Waals surface area contributed by atoms with E-state index in [2.05, 4.69) is 9.97 Å². The fourth-order valence-electron chi connectivity index (χ4n) is 4.38. The van der Waals surface area contributed by atoms with Gasteiger partial charge in [0.05, 0.1) is 12.1 Å². The quantitative estimate of drug-likeness (QED) is 0.557. The van der Waals surface area contributed by atoms with E-state index in [1.165, 1.54) is 13.4 Å². The summed E-state index contributed by atoms with van der Waals surface area (Å²) < 4.78 is 11.1. The summed E-state index contributed by atoms with van der Waals surface area (Å²) in [6.45, 7) is 6.59. The molecule has 9 heteroatoms. The zero-order valence-corrected chi connectivity index (χ0v) is 20.5. The molecule has 3 aromatic rings. The fraction of sp³-hybridized carbons (Fsp3) is 0.385. The number of amides is 2. The molecule has 2 aromatic carbocycles. The van der Waals surface area contributed by atoms with Gasteiger partial charge in [0.15, 0.2) is 6.61 Å². The van der Waals surface area contributed by atoms with E-state index in [-0.39, 0.29) is 31.1 Å². The SMILES string of the molecule is COC[C@H]1C(=O)N(Cc2ccc3c(N)ncnc3c2)C(C)CN1C(=O)COc1cc(C)ccc1C. The number of hydrogen-bond donors (Lipinski definition) is 1. The number of rotatable bonds is 7. The van der Waals surface area contributed by atoms with E-state index in [0.29, 0.717) is 24.7 Å². The molecule has 2 N–H and O–H groups in total. The first-order valence-corrected chi connectivity index (χ1v) is 11.6. The van der Waals surface area contributed by atoms with Crippen LogP contribution in [0.5, 0.6) is 5.75 Å². The largest absolute Gasteiger partial charge is 0.483 e. The highest BCUT2D eigenvalue weighted by Gasteiger charge is 2.41. The number of carbonyl (C=O) groups is 2. The molecule has 1 aliphatic heterocycles. The third-order valence-corrected chi connectivity index (χ3v) is 6.36. The molecule has 2 heterocycles. The number of fused-ring (bicyclic) bond motifs is 1. The third kappa shape index (κ3) is 5.19. The average molecular weight is 478 g/mol. The van der Waals surface area contributed by atoms with Crippen LogP contribution in [-0.2, 0) is 20.9 Å². The maximum Gasteiger partial charge on any atom is 0.261 e. The van der Waals surface area contributed by atoms with Crippen molar-refractivity contribution in [2.24, 2.45) is 0 Å². The van der Waals surface area contributed by atoms with E-state index >= 15 is 0 Å². The Labute approximate surface area is 204 Å². The summed E-state index contributed by atoms with van der Waals surface area (Å²) in [7, 11) is 1.53. The molecule has 0 radical (unpaired) electrons. The number of aromatic nitrogens is 2. The van der Waals surface area contributed by atoms with Gasteiger partial charge in [0, 0.05) is 31.6 Å². The lowest BCUT2D eigenvalue weighted by atomic mass is 10.0. The molecule has 0 saturated carbocycles. The van der Waals surface area contributed by atoms with Gasteiger partial charge in [-0.1, -0.05) is 18.2 Å². The number of methoxy groups -OCH3 is 1. The molecule has 4 rings (SSSR count). The van der Waals surface area contributed by atoms with Crippen LogP contribution in [0.1, 0.15) is 23.6 Å². The van der Waals surface area contributed by atoms with E-state index < -0.39 is 6.04 Å².